The highest BCUT2D eigenvalue weighted by molar-refractivity contribution is 7.10. The molecule has 0 aromatic carbocycles. The van der Waals surface area contributed by atoms with Gasteiger partial charge >= 0.3 is 6.03 Å². The van der Waals surface area contributed by atoms with Gasteiger partial charge in [-0.15, -0.1) is 11.3 Å². The highest BCUT2D eigenvalue weighted by Gasteiger charge is 2.10. The Kier molecular flexibility index (Phi) is 5.28. The monoisotopic (exact) mass is 242 g/mol. The van der Waals surface area contributed by atoms with Gasteiger partial charge in [-0.1, -0.05) is 0 Å². The number of nitrogens with one attached hydrogen (secondary N) is 1. The number of nitrogens with zero attached hydrogens (tertiary/aromatic N) is 1. The van der Waals surface area contributed by atoms with E-state index in [1.54, 1.807) is 16.2 Å². The van der Waals surface area contributed by atoms with Gasteiger partial charge < -0.3 is 15.3 Å². The third kappa shape index (κ3) is 3.50. The fourth-order valence-electron chi connectivity index (χ4n) is 1.38. The van der Waals surface area contributed by atoms with Crippen LogP contribution in [-0.4, -0.2) is 35.7 Å². The summed E-state index contributed by atoms with van der Waals surface area (Å²) in [7, 11) is 0. The van der Waals surface area contributed by atoms with Gasteiger partial charge in [0.15, 0.2) is 0 Å². The van der Waals surface area contributed by atoms with Crippen LogP contribution in [0.3, 0.4) is 0 Å². The van der Waals surface area contributed by atoms with Crippen molar-refractivity contribution in [1.29, 1.82) is 0 Å². The van der Waals surface area contributed by atoms with Crippen LogP contribution in [0.15, 0.2) is 11.4 Å². The Hall–Kier alpha value is -1.07. The average molecular weight is 242 g/mol. The van der Waals surface area contributed by atoms with Gasteiger partial charge in [0.2, 0.25) is 0 Å². The number of amides is 2. The number of aliphatic hydroxyl groups excluding tert-OH is 1. The van der Waals surface area contributed by atoms with Crippen molar-refractivity contribution in [3.63, 3.8) is 0 Å². The SMILES string of the molecule is CCN(CCO)C(=O)NCc1sccc1C. The Balaban J connectivity index is 2.42. The lowest BCUT2D eigenvalue weighted by atomic mass is 10.3. The molecule has 5 heteroatoms. The van der Waals surface area contributed by atoms with Crippen LogP contribution in [0, 0.1) is 6.92 Å². The maximum atomic E-state index is 11.7. The molecule has 0 unspecified atom stereocenters. The van der Waals surface area contributed by atoms with Crippen molar-refractivity contribution in [2.75, 3.05) is 19.7 Å². The van der Waals surface area contributed by atoms with E-state index in [0.717, 1.165) is 0 Å². The van der Waals surface area contributed by atoms with Gasteiger partial charge in [0, 0.05) is 18.0 Å². The molecule has 1 heterocycles. The fourth-order valence-corrected chi connectivity index (χ4v) is 2.22. The van der Waals surface area contributed by atoms with Gasteiger partial charge in [-0.2, -0.15) is 0 Å². The molecule has 2 amide bonds. The summed E-state index contributed by atoms with van der Waals surface area (Å²) < 4.78 is 0. The van der Waals surface area contributed by atoms with Crippen LogP contribution >= 0.6 is 11.3 Å². The Morgan fingerprint density at radius 2 is 2.38 bits per heavy atom. The number of carbonyl (C=O) groups excluding carboxylic acids is 1. The summed E-state index contributed by atoms with van der Waals surface area (Å²) in [5.74, 6) is 0. The zero-order chi connectivity index (χ0) is 12.0. The standard InChI is InChI=1S/C11H18N2O2S/c1-3-13(5-6-14)11(15)12-8-10-9(2)4-7-16-10/h4,7,14H,3,5-6,8H2,1-2H3,(H,12,15). The van der Waals surface area contributed by atoms with Crippen LogP contribution in [0.25, 0.3) is 0 Å². The van der Waals surface area contributed by atoms with E-state index in [0.29, 0.717) is 19.6 Å². The van der Waals surface area contributed by atoms with Gasteiger partial charge in [0.05, 0.1) is 13.2 Å². The quantitative estimate of drug-likeness (QED) is 0.823. The number of carbonyl (C=O) groups is 1. The molecule has 0 aliphatic heterocycles. The Morgan fingerprint density at radius 1 is 1.62 bits per heavy atom. The summed E-state index contributed by atoms with van der Waals surface area (Å²) >= 11 is 1.64. The van der Waals surface area contributed by atoms with E-state index in [-0.39, 0.29) is 12.6 Å². The lowest BCUT2D eigenvalue weighted by molar-refractivity contribution is 0.180. The zero-order valence-corrected chi connectivity index (χ0v) is 10.5. The van der Waals surface area contributed by atoms with Crippen LogP contribution in [-0.2, 0) is 6.54 Å². The fraction of sp³-hybridized carbons (Fsp3) is 0.545. The molecular formula is C11H18N2O2S. The highest BCUT2D eigenvalue weighted by atomic mass is 32.1. The number of hydrogen-bond acceptors (Lipinski definition) is 3. The summed E-state index contributed by atoms with van der Waals surface area (Å²) in [4.78, 5) is 14.4. The maximum Gasteiger partial charge on any atom is 0.317 e. The minimum absolute atomic E-state index is 0.000705. The lowest BCUT2D eigenvalue weighted by Crippen LogP contribution is -2.40. The van der Waals surface area contributed by atoms with Crippen molar-refractivity contribution in [3.8, 4) is 0 Å². The van der Waals surface area contributed by atoms with E-state index in [1.807, 2.05) is 25.3 Å². The molecule has 0 atom stereocenters. The topological polar surface area (TPSA) is 52.6 Å². The van der Waals surface area contributed by atoms with Crippen molar-refractivity contribution < 1.29 is 9.90 Å². The van der Waals surface area contributed by atoms with Crippen molar-refractivity contribution in [2.45, 2.75) is 20.4 Å². The van der Waals surface area contributed by atoms with E-state index >= 15 is 0 Å². The maximum absolute atomic E-state index is 11.7. The molecule has 0 radical (unpaired) electrons. The molecule has 0 saturated heterocycles. The van der Waals surface area contributed by atoms with Gasteiger partial charge in [0.25, 0.3) is 0 Å². The molecule has 0 saturated carbocycles. The molecule has 1 rings (SSSR count). The summed E-state index contributed by atoms with van der Waals surface area (Å²) in [5, 5.41) is 13.7. The Morgan fingerprint density at radius 3 is 2.88 bits per heavy atom. The molecular weight excluding hydrogens is 224 g/mol. The molecule has 0 aliphatic carbocycles. The largest absolute Gasteiger partial charge is 0.395 e. The van der Waals surface area contributed by atoms with Crippen LogP contribution < -0.4 is 5.32 Å². The second-order valence-electron chi connectivity index (χ2n) is 3.49. The average Bonchev–Trinajstić information content (AvgIpc) is 2.68. The van der Waals surface area contributed by atoms with Gasteiger partial charge in [-0.25, -0.2) is 4.79 Å². The van der Waals surface area contributed by atoms with Crippen LogP contribution in [0.4, 0.5) is 4.79 Å². The number of rotatable bonds is 5. The van der Waals surface area contributed by atoms with Crippen molar-refractivity contribution >= 4 is 17.4 Å². The normalized spacial score (nSPS) is 10.2. The minimum Gasteiger partial charge on any atom is -0.395 e. The van der Waals surface area contributed by atoms with Crippen molar-refractivity contribution in [1.82, 2.24) is 10.2 Å². The second kappa shape index (κ2) is 6.50. The smallest absolute Gasteiger partial charge is 0.317 e. The van der Waals surface area contributed by atoms with Crippen LogP contribution in [0.5, 0.6) is 0 Å². The van der Waals surface area contributed by atoms with Gasteiger partial charge in [-0.05, 0) is 30.9 Å². The summed E-state index contributed by atoms with van der Waals surface area (Å²) in [6.07, 6.45) is 0. The summed E-state index contributed by atoms with van der Waals surface area (Å²) in [6, 6.07) is 1.92. The number of urea groups is 1. The first-order chi connectivity index (χ1) is 7.69. The lowest BCUT2D eigenvalue weighted by Gasteiger charge is -2.20. The first-order valence-electron chi connectivity index (χ1n) is 5.35. The van der Waals surface area contributed by atoms with Gasteiger partial charge in [-0.3, -0.25) is 0 Å². The Bertz CT molecular complexity index is 338. The van der Waals surface area contributed by atoms with E-state index in [1.165, 1.54) is 10.4 Å². The van der Waals surface area contributed by atoms with Crippen LogP contribution in [0.1, 0.15) is 17.4 Å². The summed E-state index contributed by atoms with van der Waals surface area (Å²) in [6.45, 7) is 5.47. The third-order valence-corrected chi connectivity index (χ3v) is 3.43. The van der Waals surface area contributed by atoms with E-state index in [4.69, 9.17) is 5.11 Å². The number of hydrogen-bond donors (Lipinski definition) is 2. The predicted molar refractivity (Wildman–Crippen MR) is 65.6 cm³/mol. The Labute approximate surface area is 99.9 Å². The molecule has 90 valence electrons. The third-order valence-electron chi connectivity index (χ3n) is 2.41. The first-order valence-corrected chi connectivity index (χ1v) is 6.23. The highest BCUT2D eigenvalue weighted by Crippen LogP contribution is 2.14. The minimum atomic E-state index is -0.121. The predicted octanol–water partition coefficient (Wildman–Crippen LogP) is 1.58. The van der Waals surface area contributed by atoms with E-state index in [9.17, 15) is 4.79 Å². The number of aryl methyl sites for hydroxylation is 1. The van der Waals surface area contributed by atoms with Crippen LogP contribution in [0.2, 0.25) is 0 Å². The molecule has 1 aromatic heterocycles. The molecule has 0 spiro atoms. The molecule has 16 heavy (non-hydrogen) atoms. The molecule has 0 aliphatic rings. The number of aliphatic hydroxyl groups is 1. The van der Waals surface area contributed by atoms with Gasteiger partial charge in [0.1, 0.15) is 0 Å². The molecule has 2 N–H and O–H groups in total. The number of likely N-dealkylation sites (N-methyl/N-ethyl adjacent to an activating group) is 1. The second-order valence-corrected chi connectivity index (χ2v) is 4.49. The van der Waals surface area contributed by atoms with E-state index < -0.39 is 0 Å². The number of thiophene rings is 1. The van der Waals surface area contributed by atoms with E-state index in [2.05, 4.69) is 5.32 Å². The summed E-state index contributed by atoms with van der Waals surface area (Å²) in [5.41, 5.74) is 1.20. The molecule has 1 aromatic rings. The molecule has 0 fully saturated rings. The molecule has 0 bridgehead atoms. The van der Waals surface area contributed by atoms with Crippen molar-refractivity contribution in [3.05, 3.63) is 21.9 Å². The molecule has 4 nitrogen and oxygen atoms in total. The van der Waals surface area contributed by atoms with Crippen molar-refractivity contribution in [2.24, 2.45) is 0 Å². The first kappa shape index (κ1) is 13.0. The zero-order valence-electron chi connectivity index (χ0n) is 9.69.